The second-order valence-corrected chi connectivity index (χ2v) is 9.34. The number of pyridine rings is 1. The van der Waals surface area contributed by atoms with Crippen molar-refractivity contribution in [3.8, 4) is 11.6 Å². The molecule has 1 aliphatic carbocycles. The highest BCUT2D eigenvalue weighted by molar-refractivity contribution is 5.52. The van der Waals surface area contributed by atoms with Crippen LogP contribution < -0.4 is 4.90 Å². The zero-order valence-corrected chi connectivity index (χ0v) is 18.3. The smallest absolute Gasteiger partial charge is 0.266 e. The molecule has 2 aromatic rings. The third-order valence-electron chi connectivity index (χ3n) is 6.92. The number of nitrogens with zero attached hydrogens (tertiary/aromatic N) is 6. The maximum atomic E-state index is 5.87. The fourth-order valence-corrected chi connectivity index (χ4v) is 4.85. The van der Waals surface area contributed by atoms with Crippen LogP contribution in [-0.4, -0.2) is 76.3 Å². The zero-order valence-electron chi connectivity index (χ0n) is 18.3. The first-order valence-electron chi connectivity index (χ1n) is 11.7. The molecule has 0 amide bonds. The molecule has 1 saturated carbocycles. The van der Waals surface area contributed by atoms with Gasteiger partial charge in [-0.25, -0.2) is 4.98 Å². The van der Waals surface area contributed by atoms with Crippen LogP contribution in [0.1, 0.15) is 57.8 Å². The van der Waals surface area contributed by atoms with Crippen LogP contribution >= 0.6 is 0 Å². The van der Waals surface area contributed by atoms with Gasteiger partial charge in [0.1, 0.15) is 11.5 Å². The van der Waals surface area contributed by atoms with E-state index >= 15 is 0 Å². The highest BCUT2D eigenvalue weighted by Crippen LogP contribution is 2.39. The molecule has 2 saturated heterocycles. The minimum Gasteiger partial charge on any atom is -0.419 e. The number of rotatable bonds is 5. The molecule has 0 radical (unpaired) electrons. The molecular weight excluding hydrogens is 376 g/mol. The topological polar surface area (TPSA) is 61.5 Å². The first-order chi connectivity index (χ1) is 14.7. The second-order valence-electron chi connectivity index (χ2n) is 9.34. The van der Waals surface area contributed by atoms with Gasteiger partial charge in [0.25, 0.3) is 5.89 Å². The monoisotopic (exact) mass is 410 g/mol. The largest absolute Gasteiger partial charge is 0.419 e. The van der Waals surface area contributed by atoms with E-state index in [1.165, 1.54) is 38.9 Å². The Morgan fingerprint density at radius 3 is 2.53 bits per heavy atom. The van der Waals surface area contributed by atoms with Gasteiger partial charge >= 0.3 is 0 Å². The molecule has 0 N–H and O–H groups in total. The van der Waals surface area contributed by atoms with Crippen molar-refractivity contribution in [2.75, 3.05) is 44.2 Å². The molecule has 0 bridgehead atoms. The fourth-order valence-electron chi connectivity index (χ4n) is 4.85. The maximum Gasteiger partial charge on any atom is 0.266 e. The third-order valence-corrected chi connectivity index (χ3v) is 6.92. The van der Waals surface area contributed by atoms with E-state index in [0.29, 0.717) is 17.9 Å². The molecule has 2 aliphatic heterocycles. The molecule has 4 heterocycles. The molecule has 0 aromatic carbocycles. The Balaban J connectivity index is 1.22. The molecule has 0 atom stereocenters. The predicted octanol–water partition coefficient (Wildman–Crippen LogP) is 3.39. The maximum absolute atomic E-state index is 5.87. The highest BCUT2D eigenvalue weighted by atomic mass is 16.4. The minimum absolute atomic E-state index is 0.471. The Morgan fingerprint density at radius 2 is 1.77 bits per heavy atom. The quantitative estimate of drug-likeness (QED) is 0.749. The van der Waals surface area contributed by atoms with Gasteiger partial charge < -0.3 is 14.2 Å². The number of hydrogen-bond acceptors (Lipinski definition) is 7. The van der Waals surface area contributed by atoms with E-state index in [1.807, 2.05) is 6.07 Å². The molecular formula is C23H34N6O. The summed E-state index contributed by atoms with van der Waals surface area (Å²) < 4.78 is 5.87. The Morgan fingerprint density at radius 1 is 0.933 bits per heavy atom. The third kappa shape index (κ3) is 4.37. The summed E-state index contributed by atoms with van der Waals surface area (Å²) in [7, 11) is 0. The van der Waals surface area contributed by atoms with Gasteiger partial charge in [0.05, 0.1) is 0 Å². The summed E-state index contributed by atoms with van der Waals surface area (Å²) >= 11 is 0. The molecule has 2 aromatic heterocycles. The SMILES string of the molecule is CC(C)N1CCC(N2CCCN(c3cccc(-c4nnc(C5CC5)o4)n3)CC2)CC1. The summed E-state index contributed by atoms with van der Waals surface area (Å²) in [6, 6.07) is 7.54. The van der Waals surface area contributed by atoms with E-state index < -0.39 is 0 Å². The van der Waals surface area contributed by atoms with Crippen LogP contribution in [0, 0.1) is 0 Å². The standard InChI is InChI=1S/C23H34N6O/c1-17(2)27-13-9-19(10-14-27)28-11-4-12-29(16-15-28)21-6-3-5-20(24-21)23-26-25-22(30-23)18-7-8-18/h3,5-6,17-19H,4,7-16H2,1-2H3. The average Bonchev–Trinajstić information content (AvgIpc) is 3.56. The van der Waals surface area contributed by atoms with E-state index in [1.54, 1.807) is 0 Å². The fraction of sp³-hybridized carbons (Fsp3) is 0.696. The minimum atomic E-state index is 0.471. The Hall–Kier alpha value is -1.99. The Bertz CT molecular complexity index is 840. The van der Waals surface area contributed by atoms with Crippen molar-refractivity contribution in [2.24, 2.45) is 0 Å². The number of piperidine rings is 1. The Kier molecular flexibility index (Phi) is 5.74. The molecule has 0 spiro atoms. The average molecular weight is 411 g/mol. The van der Waals surface area contributed by atoms with Crippen molar-refractivity contribution in [1.82, 2.24) is 25.0 Å². The van der Waals surface area contributed by atoms with Crippen molar-refractivity contribution in [1.29, 1.82) is 0 Å². The molecule has 7 heteroatoms. The molecule has 0 unspecified atom stereocenters. The van der Waals surface area contributed by atoms with Gasteiger partial charge in [-0.15, -0.1) is 10.2 Å². The van der Waals surface area contributed by atoms with E-state index in [9.17, 15) is 0 Å². The molecule has 162 valence electrons. The number of hydrogen-bond donors (Lipinski definition) is 0. The van der Waals surface area contributed by atoms with Crippen LogP contribution in [0.15, 0.2) is 22.6 Å². The van der Waals surface area contributed by atoms with Crippen molar-refractivity contribution in [2.45, 2.75) is 64.0 Å². The number of anilines is 1. The lowest BCUT2D eigenvalue weighted by atomic mass is 10.0. The zero-order chi connectivity index (χ0) is 20.5. The molecule has 3 aliphatic rings. The van der Waals surface area contributed by atoms with Gasteiger partial charge in [0, 0.05) is 44.2 Å². The summed E-state index contributed by atoms with van der Waals surface area (Å²) in [6.45, 7) is 11.5. The Labute approximate surface area is 179 Å². The summed E-state index contributed by atoms with van der Waals surface area (Å²) in [5.41, 5.74) is 0.786. The van der Waals surface area contributed by atoms with E-state index in [2.05, 4.69) is 50.9 Å². The van der Waals surface area contributed by atoms with Crippen LogP contribution in [0.2, 0.25) is 0 Å². The summed E-state index contributed by atoms with van der Waals surface area (Å²) in [5.74, 6) is 2.81. The number of likely N-dealkylation sites (tertiary alicyclic amines) is 1. The summed E-state index contributed by atoms with van der Waals surface area (Å²) in [4.78, 5) is 12.6. The lowest BCUT2D eigenvalue weighted by Crippen LogP contribution is -2.47. The van der Waals surface area contributed by atoms with Crippen molar-refractivity contribution >= 4 is 5.82 Å². The first kappa shape index (κ1) is 19.9. The van der Waals surface area contributed by atoms with Crippen LogP contribution in [0.5, 0.6) is 0 Å². The van der Waals surface area contributed by atoms with Gasteiger partial charge in [-0.1, -0.05) is 6.07 Å². The molecule has 5 rings (SSSR count). The summed E-state index contributed by atoms with van der Waals surface area (Å²) in [6.07, 6.45) is 6.10. The van der Waals surface area contributed by atoms with Crippen LogP contribution in [0.4, 0.5) is 5.82 Å². The normalized spacial score (nSPS) is 22.6. The lowest BCUT2D eigenvalue weighted by Gasteiger charge is -2.39. The molecule has 3 fully saturated rings. The van der Waals surface area contributed by atoms with Crippen LogP contribution in [-0.2, 0) is 0 Å². The van der Waals surface area contributed by atoms with Gasteiger partial charge in [0.2, 0.25) is 5.89 Å². The van der Waals surface area contributed by atoms with Crippen molar-refractivity contribution in [3.05, 3.63) is 24.1 Å². The first-order valence-corrected chi connectivity index (χ1v) is 11.7. The highest BCUT2D eigenvalue weighted by Gasteiger charge is 2.30. The van der Waals surface area contributed by atoms with Gasteiger partial charge in [0.15, 0.2) is 0 Å². The van der Waals surface area contributed by atoms with Crippen LogP contribution in [0.3, 0.4) is 0 Å². The summed E-state index contributed by atoms with van der Waals surface area (Å²) in [5, 5.41) is 8.44. The van der Waals surface area contributed by atoms with Crippen molar-refractivity contribution < 1.29 is 4.42 Å². The van der Waals surface area contributed by atoms with E-state index in [-0.39, 0.29) is 0 Å². The molecule has 7 nitrogen and oxygen atoms in total. The predicted molar refractivity (Wildman–Crippen MR) is 118 cm³/mol. The van der Waals surface area contributed by atoms with Crippen molar-refractivity contribution in [3.63, 3.8) is 0 Å². The lowest BCUT2D eigenvalue weighted by molar-refractivity contribution is 0.0965. The van der Waals surface area contributed by atoms with Crippen LogP contribution in [0.25, 0.3) is 11.6 Å². The van der Waals surface area contributed by atoms with Gasteiger partial charge in [-0.2, -0.15) is 0 Å². The van der Waals surface area contributed by atoms with Gasteiger partial charge in [-0.3, -0.25) is 4.90 Å². The van der Waals surface area contributed by atoms with E-state index in [4.69, 9.17) is 9.40 Å². The van der Waals surface area contributed by atoms with Gasteiger partial charge in [-0.05, 0) is 71.2 Å². The number of aromatic nitrogens is 3. The van der Waals surface area contributed by atoms with E-state index in [0.717, 1.165) is 55.9 Å². The second kappa shape index (κ2) is 8.63. The molecule has 30 heavy (non-hydrogen) atoms.